The van der Waals surface area contributed by atoms with Gasteiger partial charge >= 0.3 is 0 Å². The van der Waals surface area contributed by atoms with E-state index in [9.17, 15) is 24.9 Å². The molecule has 4 N–H and O–H groups in total. The third kappa shape index (κ3) is 5.59. The van der Waals surface area contributed by atoms with Gasteiger partial charge in [0.05, 0.1) is 32.3 Å². The Morgan fingerprint density at radius 1 is 1.10 bits per heavy atom. The molecule has 0 unspecified atom stereocenters. The number of ether oxygens (including phenoxy) is 2. The number of nitrogens with one attached hydrogen (secondary N) is 1. The number of methoxy groups -OCH3 is 1. The highest BCUT2D eigenvalue weighted by molar-refractivity contribution is 5.96. The third-order valence-electron chi connectivity index (χ3n) is 8.31. The maximum absolute atomic E-state index is 13.9. The molecule has 214 valence electrons. The molecule has 0 saturated heterocycles. The second kappa shape index (κ2) is 12.4. The minimum Gasteiger partial charge on any atom is -0.493 e. The fraction of sp³-hybridized carbons (Fsp3) is 0.484. The van der Waals surface area contributed by atoms with E-state index in [4.69, 9.17) is 9.47 Å². The van der Waals surface area contributed by atoms with Crippen LogP contribution in [0.3, 0.4) is 0 Å². The fourth-order valence-corrected chi connectivity index (χ4v) is 6.34. The van der Waals surface area contributed by atoms with Gasteiger partial charge in [0.1, 0.15) is 12.2 Å². The van der Waals surface area contributed by atoms with Crippen LogP contribution in [0.4, 0.5) is 0 Å². The molecule has 1 saturated carbocycles. The summed E-state index contributed by atoms with van der Waals surface area (Å²) in [4.78, 5) is 29.0. The number of amides is 2. The molecule has 0 radical (unpaired) electrons. The van der Waals surface area contributed by atoms with Crippen LogP contribution in [-0.4, -0.2) is 70.5 Å². The second-order valence-electron chi connectivity index (χ2n) is 10.9. The van der Waals surface area contributed by atoms with Crippen LogP contribution < -0.4 is 14.8 Å². The lowest BCUT2D eigenvalue weighted by molar-refractivity contribution is -0.139. The van der Waals surface area contributed by atoms with E-state index >= 15 is 0 Å². The van der Waals surface area contributed by atoms with Gasteiger partial charge in [0.15, 0.2) is 11.5 Å². The van der Waals surface area contributed by atoms with Crippen molar-refractivity contribution in [3.8, 4) is 11.5 Å². The SMILES string of the molecule is COc1cc(CO)cc2c1O[C@@H]1[C@@H](O)[C@H](N(Cc3ccccc3)C(=O)CC3CCCC3)C=C(C(=O)NCCO)[C@H]21. The van der Waals surface area contributed by atoms with Crippen molar-refractivity contribution in [2.24, 2.45) is 5.92 Å². The number of nitrogens with zero attached hydrogens (tertiary/aromatic N) is 1. The molecule has 4 atom stereocenters. The Hall–Kier alpha value is -3.40. The molecule has 1 heterocycles. The monoisotopic (exact) mass is 550 g/mol. The predicted octanol–water partition coefficient (Wildman–Crippen LogP) is 2.42. The van der Waals surface area contributed by atoms with Crippen molar-refractivity contribution in [1.29, 1.82) is 0 Å². The highest BCUT2D eigenvalue weighted by Gasteiger charge is 2.51. The fourth-order valence-electron chi connectivity index (χ4n) is 6.34. The number of carbonyl (C=O) groups excluding carboxylic acids is 2. The summed E-state index contributed by atoms with van der Waals surface area (Å²) in [5, 5.41) is 33.7. The molecular weight excluding hydrogens is 512 g/mol. The van der Waals surface area contributed by atoms with Gasteiger partial charge in [0.2, 0.25) is 11.8 Å². The zero-order valence-electron chi connectivity index (χ0n) is 22.8. The van der Waals surface area contributed by atoms with Crippen molar-refractivity contribution in [2.75, 3.05) is 20.3 Å². The second-order valence-corrected chi connectivity index (χ2v) is 10.9. The highest BCUT2D eigenvalue weighted by atomic mass is 16.5. The van der Waals surface area contributed by atoms with Crippen molar-refractivity contribution < 1.29 is 34.4 Å². The Labute approximate surface area is 234 Å². The average Bonchev–Trinajstić information content (AvgIpc) is 3.63. The van der Waals surface area contributed by atoms with Gasteiger partial charge in [-0.2, -0.15) is 0 Å². The van der Waals surface area contributed by atoms with Gasteiger partial charge in [-0.05, 0) is 48.1 Å². The number of rotatable bonds is 10. The average molecular weight is 551 g/mol. The molecule has 2 amide bonds. The molecule has 0 bridgehead atoms. The van der Waals surface area contributed by atoms with Crippen molar-refractivity contribution in [1.82, 2.24) is 10.2 Å². The van der Waals surface area contributed by atoms with E-state index < -0.39 is 30.1 Å². The van der Waals surface area contributed by atoms with Crippen LogP contribution in [-0.2, 0) is 22.7 Å². The number of aliphatic hydroxyl groups is 3. The maximum Gasteiger partial charge on any atom is 0.247 e. The summed E-state index contributed by atoms with van der Waals surface area (Å²) in [6.07, 6.45) is 4.34. The molecule has 0 aromatic heterocycles. The van der Waals surface area contributed by atoms with Crippen LogP contribution in [0, 0.1) is 5.92 Å². The maximum atomic E-state index is 13.9. The summed E-state index contributed by atoms with van der Waals surface area (Å²) < 4.78 is 11.8. The van der Waals surface area contributed by atoms with E-state index in [1.165, 1.54) is 7.11 Å². The smallest absolute Gasteiger partial charge is 0.247 e. The van der Waals surface area contributed by atoms with E-state index in [2.05, 4.69) is 5.32 Å². The van der Waals surface area contributed by atoms with Crippen molar-refractivity contribution in [3.05, 3.63) is 70.8 Å². The van der Waals surface area contributed by atoms with Gasteiger partial charge in [-0.15, -0.1) is 0 Å². The number of fused-ring (bicyclic) bond motifs is 3. The molecule has 9 nitrogen and oxygen atoms in total. The lowest BCUT2D eigenvalue weighted by Crippen LogP contribution is -2.55. The quantitative estimate of drug-likeness (QED) is 0.358. The Morgan fingerprint density at radius 2 is 1.85 bits per heavy atom. The van der Waals surface area contributed by atoms with E-state index in [0.29, 0.717) is 40.5 Å². The van der Waals surface area contributed by atoms with Crippen molar-refractivity contribution >= 4 is 11.8 Å². The number of aliphatic hydroxyl groups excluding tert-OH is 3. The first kappa shape index (κ1) is 28.1. The van der Waals surface area contributed by atoms with E-state index in [0.717, 1.165) is 31.2 Å². The number of benzene rings is 2. The molecule has 40 heavy (non-hydrogen) atoms. The van der Waals surface area contributed by atoms with Crippen LogP contribution in [0.15, 0.2) is 54.1 Å². The summed E-state index contributed by atoms with van der Waals surface area (Å²) >= 11 is 0. The zero-order chi connectivity index (χ0) is 28.2. The lowest BCUT2D eigenvalue weighted by Gasteiger charge is -2.41. The van der Waals surface area contributed by atoms with E-state index in [1.807, 2.05) is 30.3 Å². The molecule has 1 aliphatic heterocycles. The predicted molar refractivity (Wildman–Crippen MR) is 148 cm³/mol. The van der Waals surface area contributed by atoms with Crippen LogP contribution in [0.2, 0.25) is 0 Å². The number of hydrogen-bond donors (Lipinski definition) is 4. The van der Waals surface area contributed by atoms with Gasteiger partial charge in [0, 0.05) is 30.6 Å². The zero-order valence-corrected chi connectivity index (χ0v) is 22.8. The van der Waals surface area contributed by atoms with Crippen LogP contribution in [0.5, 0.6) is 11.5 Å². The Balaban J connectivity index is 1.57. The third-order valence-corrected chi connectivity index (χ3v) is 8.31. The first-order valence-corrected chi connectivity index (χ1v) is 14.1. The van der Waals surface area contributed by atoms with Crippen LogP contribution in [0.1, 0.15) is 54.7 Å². The summed E-state index contributed by atoms with van der Waals surface area (Å²) in [5.41, 5.74) is 2.48. The standard InChI is InChI=1S/C31H38N2O7/c1-39-25-14-21(18-35)13-22-27-23(31(38)32-11-12-34)16-24(28(37)30(27)40-29(22)25)33(17-20-9-3-2-4-10-20)26(36)15-19-7-5-6-8-19/h2-4,9-10,13-14,16,19,24,27-28,30,34-35,37H,5-8,11-12,15,17-18H2,1H3,(H,32,38)/t24-,27+,28+,30+/m1/s1. The lowest BCUT2D eigenvalue weighted by atomic mass is 9.77. The molecule has 5 rings (SSSR count). The summed E-state index contributed by atoms with van der Waals surface area (Å²) in [7, 11) is 1.50. The summed E-state index contributed by atoms with van der Waals surface area (Å²) in [6, 6.07) is 12.2. The van der Waals surface area contributed by atoms with E-state index in [-0.39, 0.29) is 32.2 Å². The normalized spacial score (nSPS) is 23.6. The molecule has 0 spiro atoms. The molecular formula is C31H38N2O7. The largest absolute Gasteiger partial charge is 0.493 e. The van der Waals surface area contributed by atoms with Crippen LogP contribution in [0.25, 0.3) is 0 Å². The van der Waals surface area contributed by atoms with Gasteiger partial charge in [0.25, 0.3) is 0 Å². The Bertz CT molecular complexity index is 1240. The number of carbonyl (C=O) groups is 2. The van der Waals surface area contributed by atoms with Gasteiger partial charge < -0.3 is 35.0 Å². The molecule has 1 fully saturated rings. The number of hydrogen-bond acceptors (Lipinski definition) is 7. The Morgan fingerprint density at radius 3 is 2.52 bits per heavy atom. The van der Waals surface area contributed by atoms with E-state index in [1.54, 1.807) is 23.1 Å². The van der Waals surface area contributed by atoms with Gasteiger partial charge in [-0.3, -0.25) is 9.59 Å². The summed E-state index contributed by atoms with van der Waals surface area (Å²) in [5.74, 6) is -0.0167. The molecule has 3 aliphatic rings. The Kier molecular flexibility index (Phi) is 8.73. The first-order chi connectivity index (χ1) is 19.4. The minimum absolute atomic E-state index is 0.0584. The minimum atomic E-state index is -1.13. The summed E-state index contributed by atoms with van der Waals surface area (Å²) in [6.45, 7) is -0.126. The topological polar surface area (TPSA) is 129 Å². The molecule has 2 aliphatic carbocycles. The molecule has 2 aromatic carbocycles. The van der Waals surface area contributed by atoms with Crippen LogP contribution >= 0.6 is 0 Å². The van der Waals surface area contributed by atoms with Gasteiger partial charge in [-0.1, -0.05) is 43.2 Å². The van der Waals surface area contributed by atoms with Gasteiger partial charge in [-0.25, -0.2) is 0 Å². The van der Waals surface area contributed by atoms with Crippen molar-refractivity contribution in [2.45, 2.75) is 69.4 Å². The molecule has 2 aromatic rings. The first-order valence-electron chi connectivity index (χ1n) is 14.1. The molecule has 9 heteroatoms. The highest BCUT2D eigenvalue weighted by Crippen LogP contribution is 2.51. The van der Waals surface area contributed by atoms with Crippen molar-refractivity contribution in [3.63, 3.8) is 0 Å².